The van der Waals surface area contributed by atoms with Gasteiger partial charge in [-0.1, -0.05) is 20.8 Å². The van der Waals surface area contributed by atoms with Gasteiger partial charge in [0, 0.05) is 5.56 Å². The standard InChI is InChI=1S/C17H25O6P/c1-16(2,3)12-9-11(15(19)13(10-12)23-6)7-8-14(18)17(4,5)24(20,21)22/h7-10,19H,1-6H3,(H2,20,21,22). The van der Waals surface area contributed by atoms with E-state index in [1.54, 1.807) is 12.1 Å². The number of phenols is 1. The molecule has 7 heteroatoms. The highest BCUT2D eigenvalue weighted by Crippen LogP contribution is 2.50. The van der Waals surface area contributed by atoms with E-state index in [-0.39, 0.29) is 16.9 Å². The number of ketones is 1. The van der Waals surface area contributed by atoms with E-state index in [1.807, 2.05) is 20.8 Å². The highest BCUT2D eigenvalue weighted by atomic mass is 31.2. The van der Waals surface area contributed by atoms with Crippen molar-refractivity contribution >= 4 is 19.5 Å². The minimum absolute atomic E-state index is 0.136. The van der Waals surface area contributed by atoms with Crippen LogP contribution in [0.25, 0.3) is 6.08 Å². The van der Waals surface area contributed by atoms with E-state index < -0.39 is 18.5 Å². The van der Waals surface area contributed by atoms with E-state index in [9.17, 15) is 24.3 Å². The fraction of sp³-hybridized carbons (Fsp3) is 0.471. The first-order chi connectivity index (χ1) is 10.7. The lowest BCUT2D eigenvalue weighted by Gasteiger charge is -2.23. The molecule has 1 aromatic carbocycles. The molecule has 0 radical (unpaired) electrons. The third kappa shape index (κ3) is 4.26. The molecule has 24 heavy (non-hydrogen) atoms. The van der Waals surface area contributed by atoms with Gasteiger partial charge in [-0.25, -0.2) is 0 Å². The zero-order valence-electron chi connectivity index (χ0n) is 14.8. The SMILES string of the molecule is COc1cc(C(C)(C)C)cc(C=CC(=O)C(C)(C)P(=O)(O)O)c1O. The molecule has 0 aliphatic rings. The zero-order valence-corrected chi connectivity index (χ0v) is 15.7. The molecule has 0 saturated carbocycles. The van der Waals surface area contributed by atoms with Crippen LogP contribution in [-0.2, 0) is 14.8 Å². The minimum atomic E-state index is -4.60. The second-order valence-corrected chi connectivity index (χ2v) is 9.37. The number of ether oxygens (including phenoxy) is 1. The number of carbonyl (C=O) groups excluding carboxylic acids is 1. The lowest BCUT2D eigenvalue weighted by atomic mass is 9.85. The van der Waals surface area contributed by atoms with Gasteiger partial charge < -0.3 is 19.6 Å². The third-order valence-electron chi connectivity index (χ3n) is 3.94. The minimum Gasteiger partial charge on any atom is -0.504 e. The largest absolute Gasteiger partial charge is 0.504 e. The fourth-order valence-electron chi connectivity index (χ4n) is 1.86. The van der Waals surface area contributed by atoms with Crippen molar-refractivity contribution in [3.8, 4) is 11.5 Å². The molecule has 1 rings (SSSR count). The summed E-state index contributed by atoms with van der Waals surface area (Å²) in [6.45, 7) is 8.36. The molecule has 6 nitrogen and oxygen atoms in total. The Balaban J connectivity index is 3.33. The Hall–Kier alpha value is -1.62. The van der Waals surface area contributed by atoms with Crippen molar-refractivity contribution < 1.29 is 29.0 Å². The summed E-state index contributed by atoms with van der Waals surface area (Å²) in [5.41, 5.74) is 1.02. The Morgan fingerprint density at radius 3 is 2.12 bits per heavy atom. The van der Waals surface area contributed by atoms with Crippen molar-refractivity contribution in [2.24, 2.45) is 0 Å². The Morgan fingerprint density at radius 2 is 1.71 bits per heavy atom. The van der Waals surface area contributed by atoms with Crippen LogP contribution in [0.3, 0.4) is 0 Å². The van der Waals surface area contributed by atoms with Crippen LogP contribution in [-0.4, -0.2) is 32.9 Å². The highest BCUT2D eigenvalue weighted by Gasteiger charge is 2.43. The molecule has 0 unspecified atom stereocenters. The van der Waals surface area contributed by atoms with Crippen LogP contribution >= 0.6 is 7.60 Å². The van der Waals surface area contributed by atoms with Crippen LogP contribution in [0.1, 0.15) is 45.7 Å². The van der Waals surface area contributed by atoms with Gasteiger partial charge in [0.05, 0.1) is 7.11 Å². The Kier molecular flexibility index (Phi) is 5.71. The second kappa shape index (κ2) is 6.71. The van der Waals surface area contributed by atoms with Crippen LogP contribution < -0.4 is 4.74 Å². The van der Waals surface area contributed by atoms with Gasteiger partial charge in [0.1, 0.15) is 5.16 Å². The van der Waals surface area contributed by atoms with E-state index in [1.165, 1.54) is 27.0 Å². The summed E-state index contributed by atoms with van der Waals surface area (Å²) in [6, 6.07) is 3.43. The van der Waals surface area contributed by atoms with Gasteiger partial charge in [-0.3, -0.25) is 9.36 Å². The molecule has 0 spiro atoms. The Morgan fingerprint density at radius 1 is 1.17 bits per heavy atom. The van der Waals surface area contributed by atoms with Gasteiger partial charge in [-0.05, 0) is 49.1 Å². The normalized spacial score (nSPS) is 13.3. The molecule has 0 aliphatic heterocycles. The molecule has 0 heterocycles. The Labute approximate surface area is 142 Å². The summed E-state index contributed by atoms with van der Waals surface area (Å²) in [7, 11) is -3.17. The molecule has 0 atom stereocenters. The van der Waals surface area contributed by atoms with Gasteiger partial charge in [0.15, 0.2) is 17.3 Å². The molecule has 0 aliphatic carbocycles. The second-order valence-electron chi connectivity index (χ2n) is 7.17. The van der Waals surface area contributed by atoms with Crippen LogP contribution in [0, 0.1) is 0 Å². The quantitative estimate of drug-likeness (QED) is 0.553. The van der Waals surface area contributed by atoms with E-state index in [0.29, 0.717) is 5.56 Å². The maximum Gasteiger partial charge on any atom is 0.338 e. The summed E-state index contributed by atoms with van der Waals surface area (Å²) in [5, 5.41) is 8.38. The molecule has 134 valence electrons. The van der Waals surface area contributed by atoms with Crippen molar-refractivity contribution in [3.63, 3.8) is 0 Å². The van der Waals surface area contributed by atoms with Crippen molar-refractivity contribution in [2.75, 3.05) is 7.11 Å². The zero-order chi connectivity index (χ0) is 18.9. The van der Waals surface area contributed by atoms with Gasteiger partial charge in [-0.2, -0.15) is 0 Å². The summed E-state index contributed by atoms with van der Waals surface area (Å²) >= 11 is 0. The van der Waals surface area contributed by atoms with Gasteiger partial charge in [0.25, 0.3) is 0 Å². The summed E-state index contributed by atoms with van der Waals surface area (Å²) in [4.78, 5) is 30.7. The lowest BCUT2D eigenvalue weighted by Crippen LogP contribution is -2.29. The van der Waals surface area contributed by atoms with Gasteiger partial charge in [-0.15, -0.1) is 0 Å². The fourth-order valence-corrected chi connectivity index (χ4v) is 2.22. The summed E-state index contributed by atoms with van der Waals surface area (Å²) in [5.74, 6) is -0.595. The average molecular weight is 356 g/mol. The lowest BCUT2D eigenvalue weighted by molar-refractivity contribution is -0.116. The van der Waals surface area contributed by atoms with E-state index in [2.05, 4.69) is 0 Å². The van der Waals surface area contributed by atoms with Crippen molar-refractivity contribution in [3.05, 3.63) is 29.3 Å². The van der Waals surface area contributed by atoms with E-state index in [0.717, 1.165) is 11.6 Å². The highest BCUT2D eigenvalue weighted by molar-refractivity contribution is 7.54. The topological polar surface area (TPSA) is 104 Å². The number of carbonyl (C=O) groups is 1. The number of hydrogen-bond donors (Lipinski definition) is 3. The van der Waals surface area contributed by atoms with Crippen LogP contribution in [0.2, 0.25) is 0 Å². The maximum absolute atomic E-state index is 12.1. The monoisotopic (exact) mass is 356 g/mol. The first-order valence-corrected chi connectivity index (χ1v) is 9.02. The first-order valence-electron chi connectivity index (χ1n) is 7.41. The number of hydrogen-bond acceptors (Lipinski definition) is 4. The number of allylic oxidation sites excluding steroid dienone is 1. The first kappa shape index (κ1) is 20.4. The third-order valence-corrected chi connectivity index (χ3v) is 5.61. The Bertz CT molecular complexity index is 707. The number of methoxy groups -OCH3 is 1. The number of rotatable bonds is 5. The molecule has 0 bridgehead atoms. The van der Waals surface area contributed by atoms with Crippen LogP contribution in [0.4, 0.5) is 0 Å². The molecular weight excluding hydrogens is 331 g/mol. The average Bonchev–Trinajstić information content (AvgIpc) is 2.43. The van der Waals surface area contributed by atoms with Crippen LogP contribution in [0.15, 0.2) is 18.2 Å². The molecule has 0 aromatic heterocycles. The number of phenolic OH excluding ortho intramolecular Hbond substituents is 1. The van der Waals surface area contributed by atoms with Crippen molar-refractivity contribution in [1.29, 1.82) is 0 Å². The van der Waals surface area contributed by atoms with E-state index in [4.69, 9.17) is 4.74 Å². The molecule has 3 N–H and O–H groups in total. The summed E-state index contributed by atoms with van der Waals surface area (Å²) < 4.78 is 16.6. The number of aromatic hydroxyl groups is 1. The molecule has 0 amide bonds. The van der Waals surface area contributed by atoms with Gasteiger partial charge in [0.2, 0.25) is 0 Å². The predicted molar refractivity (Wildman–Crippen MR) is 93.5 cm³/mol. The van der Waals surface area contributed by atoms with Gasteiger partial charge >= 0.3 is 7.60 Å². The molecular formula is C17H25O6P. The van der Waals surface area contributed by atoms with Crippen molar-refractivity contribution in [1.82, 2.24) is 0 Å². The summed E-state index contributed by atoms with van der Waals surface area (Å²) in [6.07, 6.45) is 2.41. The molecule has 0 saturated heterocycles. The van der Waals surface area contributed by atoms with Crippen LogP contribution in [0.5, 0.6) is 11.5 Å². The van der Waals surface area contributed by atoms with Crippen molar-refractivity contribution in [2.45, 2.75) is 45.2 Å². The molecule has 0 fully saturated rings. The molecule has 1 aromatic rings. The maximum atomic E-state index is 12.1. The van der Waals surface area contributed by atoms with E-state index >= 15 is 0 Å². The predicted octanol–water partition coefficient (Wildman–Crippen LogP) is 3.24. The number of benzene rings is 1. The smallest absolute Gasteiger partial charge is 0.338 e.